The van der Waals surface area contributed by atoms with Crippen LogP contribution in [0, 0.1) is 0 Å². The van der Waals surface area contributed by atoms with Crippen LogP contribution in [-0.4, -0.2) is 30.7 Å². The molecule has 2 aromatic rings. The highest BCUT2D eigenvalue weighted by Crippen LogP contribution is 2.38. The summed E-state index contributed by atoms with van der Waals surface area (Å²) in [5.41, 5.74) is -4.48. The zero-order chi connectivity index (χ0) is 17.9. The summed E-state index contributed by atoms with van der Waals surface area (Å²) in [6, 6.07) is 12.7. The van der Waals surface area contributed by atoms with Gasteiger partial charge in [0.05, 0.1) is 12.1 Å². The molecular formula is C17H14F3NO3S. The van der Waals surface area contributed by atoms with Crippen molar-refractivity contribution in [2.24, 2.45) is 0 Å². The van der Waals surface area contributed by atoms with Crippen LogP contribution in [0.4, 0.5) is 13.2 Å². The Morgan fingerprint density at radius 1 is 1.12 bits per heavy atom. The van der Waals surface area contributed by atoms with E-state index in [1.54, 1.807) is 18.2 Å². The van der Waals surface area contributed by atoms with Crippen molar-refractivity contribution in [1.29, 1.82) is 0 Å². The molecule has 4 nitrogen and oxygen atoms in total. The normalized spacial score (nSPS) is 16.4. The minimum absolute atomic E-state index is 0.0260. The van der Waals surface area contributed by atoms with E-state index in [0.717, 1.165) is 0 Å². The zero-order valence-corrected chi connectivity index (χ0v) is 13.7. The second kappa shape index (κ2) is 7.26. The van der Waals surface area contributed by atoms with Gasteiger partial charge in [-0.05, 0) is 36.0 Å². The van der Waals surface area contributed by atoms with Gasteiger partial charge < -0.3 is 14.8 Å². The van der Waals surface area contributed by atoms with Gasteiger partial charge >= 0.3 is 5.51 Å². The lowest BCUT2D eigenvalue weighted by molar-refractivity contribution is -0.0328. The van der Waals surface area contributed by atoms with Crippen LogP contribution in [-0.2, 0) is 0 Å². The highest BCUT2D eigenvalue weighted by Gasteiger charge is 2.31. The molecule has 1 unspecified atom stereocenters. The molecule has 0 spiro atoms. The highest BCUT2D eigenvalue weighted by molar-refractivity contribution is 8.00. The first-order valence-corrected chi connectivity index (χ1v) is 8.25. The molecule has 0 fully saturated rings. The van der Waals surface area contributed by atoms with Crippen LogP contribution in [0.25, 0.3) is 0 Å². The molecule has 1 aliphatic rings. The lowest BCUT2D eigenvalue weighted by atomic mass is 10.2. The lowest BCUT2D eigenvalue weighted by Gasteiger charge is -2.26. The first kappa shape index (κ1) is 17.5. The average molecular weight is 369 g/mol. The van der Waals surface area contributed by atoms with Crippen molar-refractivity contribution in [3.8, 4) is 11.5 Å². The van der Waals surface area contributed by atoms with Crippen molar-refractivity contribution in [2.75, 3.05) is 13.2 Å². The Bertz CT molecular complexity index is 767. The topological polar surface area (TPSA) is 47.6 Å². The minimum Gasteiger partial charge on any atom is -0.486 e. The number of carbonyl (C=O) groups excluding carboxylic acids is 1. The molecule has 1 heterocycles. The number of nitrogens with one attached hydrogen (secondary N) is 1. The Kier molecular flexibility index (Phi) is 5.08. The third-order valence-corrected chi connectivity index (χ3v) is 4.22. The third kappa shape index (κ3) is 4.60. The number of alkyl halides is 3. The SMILES string of the molecule is O=C(NCC1COc2ccccc2O1)c1ccccc1SC(F)(F)F. The van der Waals surface area contributed by atoms with Crippen LogP contribution >= 0.6 is 11.8 Å². The van der Waals surface area contributed by atoms with Gasteiger partial charge in [0.1, 0.15) is 12.7 Å². The number of hydrogen-bond acceptors (Lipinski definition) is 4. The molecule has 0 aliphatic carbocycles. The molecule has 1 atom stereocenters. The first-order chi connectivity index (χ1) is 11.9. The van der Waals surface area contributed by atoms with Crippen molar-refractivity contribution in [3.63, 3.8) is 0 Å². The van der Waals surface area contributed by atoms with Gasteiger partial charge in [0.2, 0.25) is 0 Å². The molecule has 1 aliphatic heterocycles. The number of halogens is 3. The van der Waals surface area contributed by atoms with E-state index < -0.39 is 17.5 Å². The molecule has 0 saturated heterocycles. The summed E-state index contributed by atoms with van der Waals surface area (Å²) >= 11 is -0.309. The lowest BCUT2D eigenvalue weighted by Crippen LogP contribution is -2.40. The molecule has 25 heavy (non-hydrogen) atoms. The molecule has 0 saturated carbocycles. The van der Waals surface area contributed by atoms with Crippen molar-refractivity contribution in [2.45, 2.75) is 16.5 Å². The Hall–Kier alpha value is -2.35. The maximum atomic E-state index is 12.6. The molecule has 1 N–H and O–H groups in total. The number of ether oxygens (including phenoxy) is 2. The molecule has 1 amide bonds. The van der Waals surface area contributed by atoms with Crippen LogP contribution in [0.2, 0.25) is 0 Å². The maximum absolute atomic E-state index is 12.6. The van der Waals surface area contributed by atoms with Crippen molar-refractivity contribution < 1.29 is 27.4 Å². The van der Waals surface area contributed by atoms with E-state index in [2.05, 4.69) is 5.32 Å². The van der Waals surface area contributed by atoms with Gasteiger partial charge in [-0.3, -0.25) is 4.79 Å². The molecule has 0 bridgehead atoms. The molecule has 132 valence electrons. The van der Waals surface area contributed by atoms with Crippen LogP contribution in [0.3, 0.4) is 0 Å². The number of thioether (sulfide) groups is 1. The van der Waals surface area contributed by atoms with Gasteiger partial charge in [0.25, 0.3) is 5.91 Å². The van der Waals surface area contributed by atoms with E-state index >= 15 is 0 Å². The average Bonchev–Trinajstić information content (AvgIpc) is 2.58. The van der Waals surface area contributed by atoms with E-state index in [9.17, 15) is 18.0 Å². The summed E-state index contributed by atoms with van der Waals surface area (Å²) in [5.74, 6) is 0.604. The number of benzene rings is 2. The van der Waals surface area contributed by atoms with E-state index in [0.29, 0.717) is 11.5 Å². The summed E-state index contributed by atoms with van der Waals surface area (Å²) in [4.78, 5) is 12.1. The van der Waals surface area contributed by atoms with E-state index in [1.807, 2.05) is 6.07 Å². The number of hydrogen-bond donors (Lipinski definition) is 1. The van der Waals surface area contributed by atoms with Gasteiger partial charge in [-0.2, -0.15) is 13.2 Å². The number of fused-ring (bicyclic) bond motifs is 1. The van der Waals surface area contributed by atoms with Crippen molar-refractivity contribution in [1.82, 2.24) is 5.32 Å². The summed E-state index contributed by atoms with van der Waals surface area (Å²) in [6.45, 7) is 0.369. The largest absolute Gasteiger partial charge is 0.486 e. The van der Waals surface area contributed by atoms with Crippen LogP contribution in [0.15, 0.2) is 53.4 Å². The first-order valence-electron chi connectivity index (χ1n) is 7.44. The van der Waals surface area contributed by atoms with Gasteiger partial charge in [-0.15, -0.1) is 0 Å². The second-order valence-electron chi connectivity index (χ2n) is 5.25. The minimum atomic E-state index is -4.46. The predicted molar refractivity (Wildman–Crippen MR) is 87.0 cm³/mol. The Labute approximate surface area is 146 Å². The predicted octanol–water partition coefficient (Wildman–Crippen LogP) is 3.87. The summed E-state index contributed by atoms with van der Waals surface area (Å²) < 4.78 is 49.0. The van der Waals surface area contributed by atoms with Gasteiger partial charge in [-0.25, -0.2) is 0 Å². The van der Waals surface area contributed by atoms with Crippen molar-refractivity contribution in [3.05, 3.63) is 54.1 Å². The smallest absolute Gasteiger partial charge is 0.446 e. The fourth-order valence-corrected chi connectivity index (χ4v) is 3.00. The fourth-order valence-electron chi connectivity index (χ4n) is 2.33. The fraction of sp³-hybridized carbons (Fsp3) is 0.235. The molecule has 3 rings (SSSR count). The summed E-state index contributed by atoms with van der Waals surface area (Å²) in [5, 5.41) is 2.60. The second-order valence-corrected chi connectivity index (χ2v) is 6.36. The highest BCUT2D eigenvalue weighted by atomic mass is 32.2. The molecule has 0 radical (unpaired) electrons. The quantitative estimate of drug-likeness (QED) is 0.832. The number of para-hydroxylation sites is 2. The van der Waals surface area contributed by atoms with Crippen LogP contribution < -0.4 is 14.8 Å². The monoisotopic (exact) mass is 369 g/mol. The number of carbonyl (C=O) groups is 1. The van der Waals surface area contributed by atoms with Gasteiger partial charge in [0.15, 0.2) is 11.5 Å². The van der Waals surface area contributed by atoms with E-state index in [-0.39, 0.29) is 35.4 Å². The van der Waals surface area contributed by atoms with Crippen LogP contribution in [0.1, 0.15) is 10.4 Å². The summed E-state index contributed by atoms with van der Waals surface area (Å²) in [6.07, 6.45) is -0.415. The van der Waals surface area contributed by atoms with Crippen molar-refractivity contribution >= 4 is 17.7 Å². The zero-order valence-electron chi connectivity index (χ0n) is 12.9. The van der Waals surface area contributed by atoms with E-state index in [1.165, 1.54) is 24.3 Å². The number of rotatable bonds is 4. The Morgan fingerprint density at radius 2 is 1.80 bits per heavy atom. The van der Waals surface area contributed by atoms with Gasteiger partial charge in [0, 0.05) is 4.90 Å². The molecule has 0 aromatic heterocycles. The third-order valence-electron chi connectivity index (χ3n) is 3.42. The number of amides is 1. The summed E-state index contributed by atoms with van der Waals surface area (Å²) in [7, 11) is 0. The van der Waals surface area contributed by atoms with Gasteiger partial charge in [-0.1, -0.05) is 24.3 Å². The van der Waals surface area contributed by atoms with E-state index in [4.69, 9.17) is 9.47 Å². The Balaban J connectivity index is 1.62. The van der Waals surface area contributed by atoms with Crippen LogP contribution in [0.5, 0.6) is 11.5 Å². The Morgan fingerprint density at radius 3 is 2.56 bits per heavy atom. The molecular weight excluding hydrogens is 355 g/mol. The standard InChI is InChI=1S/C17H14F3NO3S/c18-17(19,20)25-15-8-4-1-5-12(15)16(22)21-9-11-10-23-13-6-2-3-7-14(13)24-11/h1-8,11H,9-10H2,(H,21,22). The molecule has 2 aromatic carbocycles. The maximum Gasteiger partial charge on any atom is 0.446 e. The molecule has 8 heteroatoms.